The summed E-state index contributed by atoms with van der Waals surface area (Å²) in [6.07, 6.45) is 8.37. The first-order chi connectivity index (χ1) is 9.19. The maximum atomic E-state index is 11.9. The molecule has 0 radical (unpaired) electrons. The van der Waals surface area contributed by atoms with Crippen LogP contribution in [0.5, 0.6) is 0 Å². The Bertz CT molecular complexity index is 519. The largest absolute Gasteiger partial charge is 0.370 e. The lowest BCUT2D eigenvalue weighted by molar-refractivity contribution is 0.0707. The quantitative estimate of drug-likeness (QED) is 0.832. The molecule has 0 saturated heterocycles. The summed E-state index contributed by atoms with van der Waals surface area (Å²) in [5, 5.41) is 0. The Labute approximate surface area is 113 Å². The Morgan fingerprint density at radius 1 is 1.21 bits per heavy atom. The molecule has 1 aromatic carbocycles. The molecule has 19 heavy (non-hydrogen) atoms. The maximum Gasteiger partial charge on any atom is 0.277 e. The maximum absolute atomic E-state index is 11.9. The van der Waals surface area contributed by atoms with Crippen molar-refractivity contribution in [2.75, 3.05) is 7.11 Å². The molecule has 0 N–H and O–H groups in total. The van der Waals surface area contributed by atoms with E-state index in [1.54, 1.807) is 19.2 Å². The van der Waals surface area contributed by atoms with Gasteiger partial charge in [-0.3, -0.25) is 4.79 Å². The predicted molar refractivity (Wildman–Crippen MR) is 76.5 cm³/mol. The van der Waals surface area contributed by atoms with Crippen molar-refractivity contribution in [1.82, 2.24) is 0 Å². The summed E-state index contributed by atoms with van der Waals surface area (Å²) in [5.74, 6) is -0.230. The molecule has 0 heterocycles. The second-order valence-electron chi connectivity index (χ2n) is 4.39. The molecular weight excluding hydrogens is 238 g/mol. The van der Waals surface area contributed by atoms with Crippen LogP contribution in [0.15, 0.2) is 59.6 Å². The molecule has 1 aromatic rings. The Kier molecular flexibility index (Phi) is 4.07. The molecule has 0 bridgehead atoms. The van der Waals surface area contributed by atoms with E-state index in [4.69, 9.17) is 4.74 Å². The SMILES string of the molecule is CCC1(OC)C=CC(=NC(=O)c2ccccc2)C=C1. The first-order valence-electron chi connectivity index (χ1n) is 6.31. The molecule has 0 aliphatic heterocycles. The van der Waals surface area contributed by atoms with Crippen LogP contribution in [0.3, 0.4) is 0 Å². The van der Waals surface area contributed by atoms with Crippen LogP contribution >= 0.6 is 0 Å². The molecule has 1 amide bonds. The van der Waals surface area contributed by atoms with Gasteiger partial charge in [0.2, 0.25) is 0 Å². The number of benzene rings is 1. The van der Waals surface area contributed by atoms with E-state index in [1.807, 2.05) is 42.5 Å². The number of hydrogen-bond donors (Lipinski definition) is 0. The Morgan fingerprint density at radius 3 is 2.37 bits per heavy atom. The van der Waals surface area contributed by atoms with Gasteiger partial charge in [0.1, 0.15) is 5.60 Å². The van der Waals surface area contributed by atoms with Crippen molar-refractivity contribution >= 4 is 11.6 Å². The minimum atomic E-state index is -0.366. The van der Waals surface area contributed by atoms with E-state index in [0.29, 0.717) is 11.3 Å². The van der Waals surface area contributed by atoms with Crippen LogP contribution in [0.1, 0.15) is 23.7 Å². The van der Waals surface area contributed by atoms with E-state index < -0.39 is 0 Å². The molecule has 1 aliphatic rings. The van der Waals surface area contributed by atoms with Gasteiger partial charge in [-0.15, -0.1) is 0 Å². The van der Waals surface area contributed by atoms with Gasteiger partial charge in [0.05, 0.1) is 5.71 Å². The Morgan fingerprint density at radius 2 is 1.84 bits per heavy atom. The topological polar surface area (TPSA) is 38.7 Å². The second kappa shape index (κ2) is 5.76. The third-order valence-corrected chi connectivity index (χ3v) is 3.26. The van der Waals surface area contributed by atoms with Crippen LogP contribution in [0.2, 0.25) is 0 Å². The molecule has 1 aliphatic carbocycles. The highest BCUT2D eigenvalue weighted by atomic mass is 16.5. The fraction of sp³-hybridized carbons (Fsp3) is 0.250. The molecule has 0 atom stereocenters. The number of rotatable bonds is 3. The van der Waals surface area contributed by atoms with E-state index >= 15 is 0 Å². The van der Waals surface area contributed by atoms with Crippen LogP contribution in [-0.2, 0) is 4.74 Å². The fourth-order valence-corrected chi connectivity index (χ4v) is 1.92. The molecule has 0 saturated carbocycles. The van der Waals surface area contributed by atoms with Crippen molar-refractivity contribution in [2.45, 2.75) is 18.9 Å². The summed E-state index contributed by atoms with van der Waals surface area (Å²) < 4.78 is 5.45. The monoisotopic (exact) mass is 255 g/mol. The Balaban J connectivity index is 2.16. The smallest absolute Gasteiger partial charge is 0.277 e. The first kappa shape index (κ1) is 13.4. The molecule has 3 nitrogen and oxygen atoms in total. The molecule has 98 valence electrons. The average Bonchev–Trinajstić information content (AvgIpc) is 2.49. The molecule has 3 heteroatoms. The highest BCUT2D eigenvalue weighted by molar-refractivity contribution is 6.13. The Hall–Kier alpha value is -2.00. The third-order valence-electron chi connectivity index (χ3n) is 3.26. The van der Waals surface area contributed by atoms with Gasteiger partial charge in [-0.1, -0.05) is 25.1 Å². The fourth-order valence-electron chi connectivity index (χ4n) is 1.92. The molecule has 0 fully saturated rings. The van der Waals surface area contributed by atoms with Crippen LogP contribution in [0.4, 0.5) is 0 Å². The van der Waals surface area contributed by atoms with E-state index in [2.05, 4.69) is 11.9 Å². The summed E-state index contributed by atoms with van der Waals surface area (Å²) in [4.78, 5) is 16.0. The summed E-state index contributed by atoms with van der Waals surface area (Å²) >= 11 is 0. The number of amides is 1. The van der Waals surface area contributed by atoms with Gasteiger partial charge in [0.25, 0.3) is 5.91 Å². The number of methoxy groups -OCH3 is 1. The lowest BCUT2D eigenvalue weighted by Gasteiger charge is -2.26. The minimum Gasteiger partial charge on any atom is -0.370 e. The van der Waals surface area contributed by atoms with E-state index in [-0.39, 0.29) is 11.5 Å². The van der Waals surface area contributed by atoms with Crippen molar-refractivity contribution in [2.24, 2.45) is 4.99 Å². The molecule has 2 rings (SSSR count). The summed E-state index contributed by atoms with van der Waals surface area (Å²) in [6, 6.07) is 9.04. The molecule has 0 aromatic heterocycles. The number of aliphatic imine (C=N–C) groups is 1. The van der Waals surface area contributed by atoms with Crippen molar-refractivity contribution < 1.29 is 9.53 Å². The van der Waals surface area contributed by atoms with Gasteiger partial charge >= 0.3 is 0 Å². The zero-order chi connectivity index (χ0) is 13.7. The molecule has 0 spiro atoms. The van der Waals surface area contributed by atoms with Gasteiger partial charge in [-0.05, 0) is 42.9 Å². The number of nitrogens with zero attached hydrogens (tertiary/aromatic N) is 1. The number of ether oxygens (including phenoxy) is 1. The first-order valence-corrected chi connectivity index (χ1v) is 6.31. The van der Waals surface area contributed by atoms with Crippen molar-refractivity contribution in [3.05, 3.63) is 60.2 Å². The third kappa shape index (κ3) is 3.06. The zero-order valence-electron chi connectivity index (χ0n) is 11.2. The van der Waals surface area contributed by atoms with Gasteiger partial charge in [0, 0.05) is 12.7 Å². The number of hydrogen-bond acceptors (Lipinski definition) is 2. The summed E-state index contributed by atoms with van der Waals surface area (Å²) in [7, 11) is 1.68. The summed E-state index contributed by atoms with van der Waals surface area (Å²) in [6.45, 7) is 2.05. The van der Waals surface area contributed by atoms with Gasteiger partial charge in [0.15, 0.2) is 0 Å². The van der Waals surface area contributed by atoms with Crippen molar-refractivity contribution in [3.63, 3.8) is 0 Å². The highest BCUT2D eigenvalue weighted by Gasteiger charge is 2.23. The van der Waals surface area contributed by atoms with Crippen LogP contribution < -0.4 is 0 Å². The highest BCUT2D eigenvalue weighted by Crippen LogP contribution is 2.22. The number of carbonyl (C=O) groups excluding carboxylic acids is 1. The van der Waals surface area contributed by atoms with Gasteiger partial charge < -0.3 is 4.74 Å². The average molecular weight is 255 g/mol. The normalized spacial score (nSPS) is 21.5. The number of carbonyl (C=O) groups is 1. The van der Waals surface area contributed by atoms with E-state index in [9.17, 15) is 4.79 Å². The van der Waals surface area contributed by atoms with Crippen LogP contribution in [0.25, 0.3) is 0 Å². The predicted octanol–water partition coefficient (Wildman–Crippen LogP) is 3.19. The van der Waals surface area contributed by atoms with E-state index in [1.165, 1.54) is 0 Å². The zero-order valence-corrected chi connectivity index (χ0v) is 11.2. The van der Waals surface area contributed by atoms with Crippen molar-refractivity contribution in [3.8, 4) is 0 Å². The van der Waals surface area contributed by atoms with E-state index in [0.717, 1.165) is 6.42 Å². The lowest BCUT2D eigenvalue weighted by atomic mass is 9.94. The second-order valence-corrected chi connectivity index (χ2v) is 4.39. The van der Waals surface area contributed by atoms with Gasteiger partial charge in [-0.2, -0.15) is 0 Å². The van der Waals surface area contributed by atoms with Crippen LogP contribution in [-0.4, -0.2) is 24.3 Å². The van der Waals surface area contributed by atoms with Crippen molar-refractivity contribution in [1.29, 1.82) is 0 Å². The molecule has 0 unspecified atom stereocenters. The van der Waals surface area contributed by atoms with Gasteiger partial charge in [-0.25, -0.2) is 4.99 Å². The lowest BCUT2D eigenvalue weighted by Crippen LogP contribution is -2.27. The number of allylic oxidation sites excluding steroid dienone is 2. The molecular formula is C16H17NO2. The summed E-state index contributed by atoms with van der Waals surface area (Å²) in [5.41, 5.74) is 0.875. The van der Waals surface area contributed by atoms with Crippen LogP contribution in [0, 0.1) is 0 Å². The standard InChI is InChI=1S/C16H17NO2/c1-3-16(19-2)11-9-14(10-12-16)17-15(18)13-7-5-4-6-8-13/h4-12H,3H2,1-2H3. The minimum absolute atomic E-state index is 0.230.